The van der Waals surface area contributed by atoms with E-state index in [4.69, 9.17) is 11.6 Å². The van der Waals surface area contributed by atoms with Gasteiger partial charge in [0.25, 0.3) is 5.91 Å². The molecule has 7 heteroatoms. The molecule has 2 heterocycles. The largest absolute Gasteiger partial charge is 0.348 e. The first-order valence-electron chi connectivity index (χ1n) is 7.23. The average Bonchev–Trinajstić information content (AvgIpc) is 3.01. The molecule has 1 aromatic carbocycles. The molecule has 0 aliphatic heterocycles. The van der Waals surface area contributed by atoms with Crippen molar-refractivity contribution in [2.45, 2.75) is 13.5 Å². The van der Waals surface area contributed by atoms with Gasteiger partial charge in [-0.3, -0.25) is 9.36 Å². The SMILES string of the molecule is Cc1nccn1-c1ccc(CNC(=O)c2ccc(F)c(Cl)c2)cn1. The number of rotatable bonds is 4. The van der Waals surface area contributed by atoms with Crippen molar-refractivity contribution in [2.24, 2.45) is 0 Å². The Morgan fingerprint density at radius 1 is 1.29 bits per heavy atom. The summed E-state index contributed by atoms with van der Waals surface area (Å²) in [4.78, 5) is 20.6. The van der Waals surface area contributed by atoms with Gasteiger partial charge in [-0.1, -0.05) is 17.7 Å². The molecule has 0 saturated heterocycles. The Morgan fingerprint density at radius 3 is 2.75 bits per heavy atom. The number of hydrogen-bond acceptors (Lipinski definition) is 3. The highest BCUT2D eigenvalue weighted by atomic mass is 35.5. The lowest BCUT2D eigenvalue weighted by molar-refractivity contribution is 0.0951. The van der Waals surface area contributed by atoms with E-state index in [9.17, 15) is 9.18 Å². The first-order chi connectivity index (χ1) is 11.5. The van der Waals surface area contributed by atoms with Crippen molar-refractivity contribution in [3.05, 3.63) is 76.7 Å². The number of carbonyl (C=O) groups excluding carboxylic acids is 1. The second kappa shape index (κ2) is 6.80. The van der Waals surface area contributed by atoms with Gasteiger partial charge in [0, 0.05) is 30.7 Å². The van der Waals surface area contributed by atoms with Crippen LogP contribution in [-0.2, 0) is 6.54 Å². The summed E-state index contributed by atoms with van der Waals surface area (Å²) >= 11 is 5.68. The van der Waals surface area contributed by atoms with Crippen molar-refractivity contribution in [1.82, 2.24) is 19.9 Å². The Bertz CT molecular complexity index is 877. The van der Waals surface area contributed by atoms with Crippen LogP contribution in [0, 0.1) is 12.7 Å². The van der Waals surface area contributed by atoms with Gasteiger partial charge >= 0.3 is 0 Å². The molecule has 0 radical (unpaired) electrons. The lowest BCUT2D eigenvalue weighted by atomic mass is 10.2. The summed E-state index contributed by atoms with van der Waals surface area (Å²) in [5.41, 5.74) is 1.15. The molecule has 1 amide bonds. The van der Waals surface area contributed by atoms with Crippen molar-refractivity contribution in [1.29, 1.82) is 0 Å². The molecule has 5 nitrogen and oxygen atoms in total. The highest BCUT2D eigenvalue weighted by Crippen LogP contribution is 2.16. The van der Waals surface area contributed by atoms with Crippen LogP contribution >= 0.6 is 11.6 Å². The van der Waals surface area contributed by atoms with Gasteiger partial charge in [-0.05, 0) is 36.8 Å². The van der Waals surface area contributed by atoms with Crippen LogP contribution in [0.15, 0.2) is 48.9 Å². The van der Waals surface area contributed by atoms with Gasteiger partial charge in [0.2, 0.25) is 0 Å². The summed E-state index contributed by atoms with van der Waals surface area (Å²) < 4.78 is 15.0. The van der Waals surface area contributed by atoms with Gasteiger partial charge < -0.3 is 5.32 Å². The molecule has 0 aliphatic rings. The van der Waals surface area contributed by atoms with Crippen LogP contribution in [0.5, 0.6) is 0 Å². The Morgan fingerprint density at radius 2 is 2.12 bits per heavy atom. The molecule has 2 aromatic heterocycles. The van der Waals surface area contributed by atoms with Crippen LogP contribution in [0.3, 0.4) is 0 Å². The van der Waals surface area contributed by atoms with Gasteiger partial charge in [0.1, 0.15) is 17.5 Å². The van der Waals surface area contributed by atoms with E-state index in [1.165, 1.54) is 18.2 Å². The van der Waals surface area contributed by atoms with Crippen LogP contribution in [0.1, 0.15) is 21.7 Å². The number of imidazole rings is 1. The lowest BCUT2D eigenvalue weighted by Crippen LogP contribution is -2.22. The number of aryl methyl sites for hydroxylation is 1. The molecule has 0 bridgehead atoms. The van der Waals surface area contributed by atoms with Crippen LogP contribution in [-0.4, -0.2) is 20.4 Å². The molecule has 0 fully saturated rings. The number of benzene rings is 1. The number of halogens is 2. The van der Waals surface area contributed by atoms with Gasteiger partial charge in [0.05, 0.1) is 5.02 Å². The summed E-state index contributed by atoms with van der Waals surface area (Å²) in [7, 11) is 0. The molecule has 3 aromatic rings. The number of hydrogen-bond donors (Lipinski definition) is 1. The van der Waals surface area contributed by atoms with E-state index in [0.717, 1.165) is 17.2 Å². The van der Waals surface area contributed by atoms with E-state index in [0.29, 0.717) is 12.1 Å². The second-order valence-corrected chi connectivity index (χ2v) is 5.59. The van der Waals surface area contributed by atoms with E-state index in [1.54, 1.807) is 12.4 Å². The molecule has 0 saturated carbocycles. The minimum absolute atomic E-state index is 0.0793. The van der Waals surface area contributed by atoms with Crippen molar-refractivity contribution in [3.8, 4) is 5.82 Å². The van der Waals surface area contributed by atoms with Gasteiger partial charge in [0.15, 0.2) is 0 Å². The first-order valence-corrected chi connectivity index (χ1v) is 7.61. The highest BCUT2D eigenvalue weighted by Gasteiger charge is 2.09. The molecule has 0 spiro atoms. The summed E-state index contributed by atoms with van der Waals surface area (Å²) in [5, 5.41) is 2.67. The minimum Gasteiger partial charge on any atom is -0.348 e. The molecule has 24 heavy (non-hydrogen) atoms. The normalized spacial score (nSPS) is 10.6. The van der Waals surface area contributed by atoms with Gasteiger partial charge in [-0.2, -0.15) is 0 Å². The molecular formula is C17H14ClFN4O. The number of pyridine rings is 1. The van der Waals surface area contributed by atoms with Crippen molar-refractivity contribution in [3.63, 3.8) is 0 Å². The lowest BCUT2D eigenvalue weighted by Gasteiger charge is -2.08. The molecule has 1 N–H and O–H groups in total. The quantitative estimate of drug-likeness (QED) is 0.790. The maximum Gasteiger partial charge on any atom is 0.251 e. The predicted octanol–water partition coefficient (Wildman–Crippen LogP) is 3.30. The topological polar surface area (TPSA) is 59.8 Å². The number of carbonyl (C=O) groups is 1. The molecular weight excluding hydrogens is 331 g/mol. The van der Waals surface area contributed by atoms with Crippen molar-refractivity contribution in [2.75, 3.05) is 0 Å². The summed E-state index contributed by atoms with van der Waals surface area (Å²) in [6.07, 6.45) is 5.23. The van der Waals surface area contributed by atoms with Crippen molar-refractivity contribution < 1.29 is 9.18 Å². The van der Waals surface area contributed by atoms with Gasteiger partial charge in [-0.25, -0.2) is 14.4 Å². The maximum atomic E-state index is 13.1. The number of amides is 1. The number of nitrogens with one attached hydrogen (secondary N) is 1. The third-order valence-electron chi connectivity index (χ3n) is 3.52. The molecule has 0 unspecified atom stereocenters. The monoisotopic (exact) mass is 344 g/mol. The zero-order chi connectivity index (χ0) is 17.1. The molecule has 0 atom stereocenters. The van der Waals surface area contributed by atoms with Crippen LogP contribution in [0.4, 0.5) is 4.39 Å². The molecule has 122 valence electrons. The van der Waals surface area contributed by atoms with Crippen LogP contribution in [0.2, 0.25) is 5.02 Å². The Hall–Kier alpha value is -2.73. The third kappa shape index (κ3) is 3.44. The van der Waals surface area contributed by atoms with E-state index < -0.39 is 5.82 Å². The average molecular weight is 345 g/mol. The number of nitrogens with zero attached hydrogens (tertiary/aromatic N) is 3. The second-order valence-electron chi connectivity index (χ2n) is 5.18. The Labute approximate surface area is 143 Å². The van der Waals surface area contributed by atoms with E-state index in [1.807, 2.05) is 29.8 Å². The zero-order valence-electron chi connectivity index (χ0n) is 12.8. The zero-order valence-corrected chi connectivity index (χ0v) is 13.6. The third-order valence-corrected chi connectivity index (χ3v) is 3.81. The van der Waals surface area contributed by atoms with Gasteiger partial charge in [-0.15, -0.1) is 0 Å². The standard InChI is InChI=1S/C17H14ClFN4O/c1-11-20-6-7-23(11)16-5-2-12(9-21-16)10-22-17(24)13-3-4-15(19)14(18)8-13/h2-9H,10H2,1H3,(H,22,24). The minimum atomic E-state index is -0.553. The summed E-state index contributed by atoms with van der Waals surface area (Å²) in [5.74, 6) is 0.719. The summed E-state index contributed by atoms with van der Waals surface area (Å²) in [6.45, 7) is 2.20. The number of aromatic nitrogens is 3. The smallest absolute Gasteiger partial charge is 0.251 e. The predicted molar refractivity (Wildman–Crippen MR) is 88.7 cm³/mol. The molecule has 0 aliphatic carbocycles. The van der Waals surface area contributed by atoms with E-state index in [2.05, 4.69) is 15.3 Å². The Kier molecular flexibility index (Phi) is 4.57. The Balaban J connectivity index is 1.65. The van der Waals surface area contributed by atoms with E-state index in [-0.39, 0.29) is 10.9 Å². The fourth-order valence-corrected chi connectivity index (χ4v) is 2.39. The van der Waals surface area contributed by atoms with E-state index >= 15 is 0 Å². The fraction of sp³-hybridized carbons (Fsp3) is 0.118. The maximum absolute atomic E-state index is 13.1. The van der Waals surface area contributed by atoms with Crippen LogP contribution < -0.4 is 5.32 Å². The first kappa shape index (κ1) is 16.1. The molecule has 3 rings (SSSR count). The summed E-state index contributed by atoms with van der Waals surface area (Å²) in [6, 6.07) is 7.58. The van der Waals surface area contributed by atoms with Crippen LogP contribution in [0.25, 0.3) is 5.82 Å². The van der Waals surface area contributed by atoms with Crippen molar-refractivity contribution >= 4 is 17.5 Å². The fourth-order valence-electron chi connectivity index (χ4n) is 2.21. The highest BCUT2D eigenvalue weighted by molar-refractivity contribution is 6.31.